The van der Waals surface area contributed by atoms with Gasteiger partial charge in [0, 0.05) is 25.7 Å². The van der Waals surface area contributed by atoms with Crippen LogP contribution < -0.4 is 11.1 Å². The third-order valence-corrected chi connectivity index (χ3v) is 5.62. The number of hydrogen-bond acceptors (Lipinski definition) is 5. The summed E-state index contributed by atoms with van der Waals surface area (Å²) in [6.45, 7) is 3.66. The molecular formula is C12H23N3O3S. The highest BCUT2D eigenvalue weighted by atomic mass is 32.2. The molecule has 0 radical (unpaired) electrons. The van der Waals surface area contributed by atoms with Crippen molar-refractivity contribution in [3.05, 3.63) is 0 Å². The lowest BCUT2D eigenvalue weighted by Crippen LogP contribution is -2.56. The summed E-state index contributed by atoms with van der Waals surface area (Å²) >= 11 is 0. The second kappa shape index (κ2) is 5.38. The first-order valence-corrected chi connectivity index (χ1v) is 8.63. The highest BCUT2D eigenvalue weighted by molar-refractivity contribution is 7.91. The maximum atomic E-state index is 11.6. The number of carbonyl (C=O) groups excluding carboxylic acids is 1. The Morgan fingerprint density at radius 3 is 2.42 bits per heavy atom. The van der Waals surface area contributed by atoms with E-state index in [-0.39, 0.29) is 17.4 Å². The van der Waals surface area contributed by atoms with E-state index in [1.54, 1.807) is 0 Å². The molecular weight excluding hydrogens is 266 g/mol. The van der Waals surface area contributed by atoms with Crippen LogP contribution in [0.4, 0.5) is 0 Å². The fourth-order valence-electron chi connectivity index (χ4n) is 2.30. The largest absolute Gasteiger partial charge is 0.368 e. The van der Waals surface area contributed by atoms with Crippen molar-refractivity contribution in [1.29, 1.82) is 0 Å². The zero-order chi connectivity index (χ0) is 14.1. The van der Waals surface area contributed by atoms with Crippen molar-refractivity contribution in [2.75, 3.05) is 31.1 Å². The predicted molar refractivity (Wildman–Crippen MR) is 73.5 cm³/mol. The molecule has 1 aliphatic carbocycles. The summed E-state index contributed by atoms with van der Waals surface area (Å²) in [5.74, 6) is 0.108. The highest BCUT2D eigenvalue weighted by Crippen LogP contribution is 2.24. The van der Waals surface area contributed by atoms with Crippen molar-refractivity contribution in [1.82, 2.24) is 10.2 Å². The van der Waals surface area contributed by atoms with Crippen LogP contribution in [0.1, 0.15) is 26.2 Å². The van der Waals surface area contributed by atoms with Gasteiger partial charge in [-0.1, -0.05) is 0 Å². The van der Waals surface area contributed by atoms with Crippen LogP contribution in [0.2, 0.25) is 0 Å². The molecule has 0 aromatic heterocycles. The number of nitrogens with two attached hydrogens (primary N) is 1. The van der Waals surface area contributed by atoms with Gasteiger partial charge in [0.15, 0.2) is 9.84 Å². The first-order valence-electron chi connectivity index (χ1n) is 6.81. The van der Waals surface area contributed by atoms with Crippen LogP contribution in [0, 0.1) is 0 Å². The molecule has 3 N–H and O–H groups in total. The average Bonchev–Trinajstić information content (AvgIpc) is 3.11. The van der Waals surface area contributed by atoms with E-state index >= 15 is 0 Å². The van der Waals surface area contributed by atoms with Gasteiger partial charge in [0.25, 0.3) is 0 Å². The SMILES string of the molecule is CC(CCN1CCS(=O)(=O)CC1)(NC1CC1)C(N)=O. The van der Waals surface area contributed by atoms with Gasteiger partial charge in [0.2, 0.25) is 5.91 Å². The first-order chi connectivity index (χ1) is 8.81. The highest BCUT2D eigenvalue weighted by Gasteiger charge is 2.37. The quantitative estimate of drug-likeness (QED) is 0.661. The van der Waals surface area contributed by atoms with Gasteiger partial charge in [0.05, 0.1) is 17.0 Å². The topological polar surface area (TPSA) is 92.5 Å². The van der Waals surface area contributed by atoms with Crippen molar-refractivity contribution in [2.24, 2.45) is 5.73 Å². The maximum Gasteiger partial charge on any atom is 0.237 e. The van der Waals surface area contributed by atoms with Crippen LogP contribution in [-0.4, -0.2) is 61.9 Å². The zero-order valence-electron chi connectivity index (χ0n) is 11.4. The molecule has 1 atom stereocenters. The van der Waals surface area contributed by atoms with Crippen molar-refractivity contribution >= 4 is 15.7 Å². The van der Waals surface area contributed by atoms with E-state index in [1.807, 2.05) is 6.92 Å². The normalized spacial score (nSPS) is 26.8. The monoisotopic (exact) mass is 289 g/mol. The van der Waals surface area contributed by atoms with Crippen molar-refractivity contribution in [3.63, 3.8) is 0 Å². The third kappa shape index (κ3) is 4.15. The van der Waals surface area contributed by atoms with Gasteiger partial charge in [0.1, 0.15) is 0 Å². The van der Waals surface area contributed by atoms with Crippen LogP contribution in [-0.2, 0) is 14.6 Å². The number of carbonyl (C=O) groups is 1. The van der Waals surface area contributed by atoms with E-state index in [4.69, 9.17) is 5.73 Å². The molecule has 110 valence electrons. The maximum absolute atomic E-state index is 11.6. The van der Waals surface area contributed by atoms with E-state index in [1.165, 1.54) is 0 Å². The molecule has 1 heterocycles. The minimum Gasteiger partial charge on any atom is -0.368 e. The summed E-state index contributed by atoms with van der Waals surface area (Å²) in [7, 11) is -2.84. The van der Waals surface area contributed by atoms with E-state index in [0.29, 0.717) is 32.1 Å². The Kier molecular flexibility index (Phi) is 4.17. The molecule has 2 rings (SSSR count). The number of nitrogens with zero attached hydrogens (tertiary/aromatic N) is 1. The number of nitrogens with one attached hydrogen (secondary N) is 1. The molecule has 1 aliphatic heterocycles. The lowest BCUT2D eigenvalue weighted by molar-refractivity contribution is -0.124. The summed E-state index contributed by atoms with van der Waals surface area (Å²) in [5.41, 5.74) is 4.81. The third-order valence-electron chi connectivity index (χ3n) is 4.01. The van der Waals surface area contributed by atoms with E-state index in [9.17, 15) is 13.2 Å². The smallest absolute Gasteiger partial charge is 0.237 e. The molecule has 0 aromatic carbocycles. The molecule has 1 saturated carbocycles. The van der Waals surface area contributed by atoms with Gasteiger partial charge in [-0.25, -0.2) is 8.42 Å². The second-order valence-corrected chi connectivity index (χ2v) is 8.16. The Labute approximate surface area is 114 Å². The summed E-state index contributed by atoms with van der Waals surface area (Å²) in [6.07, 6.45) is 2.83. The molecule has 19 heavy (non-hydrogen) atoms. The number of primary amides is 1. The molecule has 0 bridgehead atoms. The van der Waals surface area contributed by atoms with E-state index in [0.717, 1.165) is 12.8 Å². The summed E-state index contributed by atoms with van der Waals surface area (Å²) in [6, 6.07) is 0.416. The van der Waals surface area contributed by atoms with Gasteiger partial charge >= 0.3 is 0 Å². The fourth-order valence-corrected chi connectivity index (χ4v) is 3.58. The Bertz CT molecular complexity index is 433. The van der Waals surface area contributed by atoms with Crippen LogP contribution in [0.5, 0.6) is 0 Å². The molecule has 1 saturated heterocycles. The van der Waals surface area contributed by atoms with Crippen LogP contribution in [0.15, 0.2) is 0 Å². The Balaban J connectivity index is 1.83. The van der Waals surface area contributed by atoms with Gasteiger partial charge < -0.3 is 16.0 Å². The van der Waals surface area contributed by atoms with Crippen LogP contribution in [0.25, 0.3) is 0 Å². The molecule has 7 heteroatoms. The van der Waals surface area contributed by atoms with Crippen LogP contribution >= 0.6 is 0 Å². The zero-order valence-corrected chi connectivity index (χ0v) is 12.2. The summed E-state index contributed by atoms with van der Waals surface area (Å²) in [5, 5.41) is 3.30. The lowest BCUT2D eigenvalue weighted by Gasteiger charge is -2.32. The van der Waals surface area contributed by atoms with Gasteiger partial charge in [-0.15, -0.1) is 0 Å². The molecule has 2 fully saturated rings. The lowest BCUT2D eigenvalue weighted by atomic mass is 9.96. The second-order valence-electron chi connectivity index (χ2n) is 5.86. The summed E-state index contributed by atoms with van der Waals surface area (Å²) < 4.78 is 22.7. The van der Waals surface area contributed by atoms with Crippen LogP contribution in [0.3, 0.4) is 0 Å². The number of hydrogen-bond donors (Lipinski definition) is 2. The molecule has 6 nitrogen and oxygen atoms in total. The van der Waals surface area contributed by atoms with Gasteiger partial charge in [-0.3, -0.25) is 4.79 Å². The van der Waals surface area contributed by atoms with E-state index < -0.39 is 15.4 Å². The number of amides is 1. The Morgan fingerprint density at radius 1 is 1.37 bits per heavy atom. The van der Waals surface area contributed by atoms with E-state index in [2.05, 4.69) is 10.2 Å². The first kappa shape index (κ1) is 14.7. The number of rotatable bonds is 6. The minimum atomic E-state index is -2.84. The molecule has 1 unspecified atom stereocenters. The molecule has 0 spiro atoms. The van der Waals surface area contributed by atoms with Gasteiger partial charge in [-0.2, -0.15) is 0 Å². The van der Waals surface area contributed by atoms with Gasteiger partial charge in [-0.05, 0) is 26.2 Å². The molecule has 0 aromatic rings. The number of sulfone groups is 1. The van der Waals surface area contributed by atoms with Crippen molar-refractivity contribution in [2.45, 2.75) is 37.8 Å². The molecule has 2 aliphatic rings. The predicted octanol–water partition coefficient (Wildman–Crippen LogP) is -0.897. The Hall–Kier alpha value is -0.660. The van der Waals surface area contributed by atoms with Crippen molar-refractivity contribution in [3.8, 4) is 0 Å². The fraction of sp³-hybridized carbons (Fsp3) is 0.917. The standard InChI is InChI=1S/C12H23N3O3S/c1-12(11(13)16,14-10-2-3-10)4-5-15-6-8-19(17,18)9-7-15/h10,14H,2-9H2,1H3,(H2,13,16). The summed E-state index contributed by atoms with van der Waals surface area (Å²) in [4.78, 5) is 13.7. The molecule has 1 amide bonds. The van der Waals surface area contributed by atoms with Crippen molar-refractivity contribution < 1.29 is 13.2 Å². The minimum absolute atomic E-state index is 0.219. The Morgan fingerprint density at radius 2 is 1.95 bits per heavy atom. The average molecular weight is 289 g/mol.